The van der Waals surface area contributed by atoms with E-state index in [0.717, 1.165) is 11.1 Å². The first-order chi connectivity index (χ1) is 14.0. The van der Waals surface area contributed by atoms with E-state index in [9.17, 15) is 9.59 Å². The van der Waals surface area contributed by atoms with E-state index in [1.54, 1.807) is 25.0 Å². The Hall–Kier alpha value is -4.02. The number of hydrogen-bond donors (Lipinski definition) is 2. The van der Waals surface area contributed by atoms with Crippen LogP contribution in [0.2, 0.25) is 0 Å². The molecule has 1 aromatic carbocycles. The molecule has 11 heteroatoms. The molecule has 148 valence electrons. The molecule has 29 heavy (non-hydrogen) atoms. The predicted octanol–water partition coefficient (Wildman–Crippen LogP) is 0.467. The molecule has 0 aliphatic rings. The molecule has 11 nitrogen and oxygen atoms in total. The van der Waals surface area contributed by atoms with Crippen molar-refractivity contribution in [3.05, 3.63) is 54.1 Å². The number of benzene rings is 1. The first-order valence-corrected chi connectivity index (χ1v) is 8.87. The van der Waals surface area contributed by atoms with Crippen molar-refractivity contribution in [1.29, 1.82) is 0 Å². The van der Waals surface area contributed by atoms with Gasteiger partial charge in [0.05, 0.1) is 23.6 Å². The molecule has 0 saturated carbocycles. The number of carbonyl (C=O) groups excluding carboxylic acids is 2. The van der Waals surface area contributed by atoms with E-state index in [1.165, 1.54) is 15.6 Å². The standard InChI is InChI=1S/C18H19N9O2/c1-25-10-12(8-20-25)7-19-18(29)17-14(9-21-26(17)2)22-16(28)11-27-15-6-4-3-5-13(15)23-24-27/h3-6,8-10H,7,11H2,1-2H3,(H,19,29)(H,22,28). The third-order valence-corrected chi connectivity index (χ3v) is 4.35. The van der Waals surface area contributed by atoms with Crippen LogP contribution in [0.5, 0.6) is 0 Å². The van der Waals surface area contributed by atoms with E-state index in [2.05, 4.69) is 31.1 Å². The Morgan fingerprint density at radius 3 is 2.72 bits per heavy atom. The fourth-order valence-electron chi connectivity index (χ4n) is 2.99. The Morgan fingerprint density at radius 2 is 1.93 bits per heavy atom. The molecule has 2 amide bonds. The van der Waals surface area contributed by atoms with Crippen molar-refractivity contribution in [1.82, 2.24) is 39.9 Å². The summed E-state index contributed by atoms with van der Waals surface area (Å²) >= 11 is 0. The molecule has 0 aliphatic heterocycles. The average molecular weight is 393 g/mol. The fourth-order valence-corrected chi connectivity index (χ4v) is 2.99. The van der Waals surface area contributed by atoms with E-state index < -0.39 is 0 Å². The number of anilines is 1. The quantitative estimate of drug-likeness (QED) is 0.491. The first-order valence-electron chi connectivity index (χ1n) is 8.87. The van der Waals surface area contributed by atoms with Crippen LogP contribution in [0.15, 0.2) is 42.9 Å². The Labute approximate surface area is 165 Å². The number of nitrogens with zero attached hydrogens (tertiary/aromatic N) is 7. The summed E-state index contributed by atoms with van der Waals surface area (Å²) < 4.78 is 4.58. The van der Waals surface area contributed by atoms with Crippen LogP contribution in [0.3, 0.4) is 0 Å². The lowest BCUT2D eigenvalue weighted by molar-refractivity contribution is -0.116. The molecule has 0 bridgehead atoms. The highest BCUT2D eigenvalue weighted by Gasteiger charge is 2.19. The van der Waals surface area contributed by atoms with Crippen molar-refractivity contribution in [3.63, 3.8) is 0 Å². The number of hydrogen-bond acceptors (Lipinski definition) is 6. The zero-order valence-electron chi connectivity index (χ0n) is 15.9. The second kappa shape index (κ2) is 7.54. The van der Waals surface area contributed by atoms with Gasteiger partial charge < -0.3 is 10.6 Å². The van der Waals surface area contributed by atoms with E-state index in [-0.39, 0.29) is 24.1 Å². The summed E-state index contributed by atoms with van der Waals surface area (Å²) in [4.78, 5) is 25.1. The monoisotopic (exact) mass is 393 g/mol. The lowest BCUT2D eigenvalue weighted by Crippen LogP contribution is -2.27. The largest absolute Gasteiger partial charge is 0.346 e. The number of carbonyl (C=O) groups is 2. The maximum atomic E-state index is 12.6. The number of fused-ring (bicyclic) bond motifs is 1. The van der Waals surface area contributed by atoms with Crippen LogP contribution >= 0.6 is 0 Å². The topological polar surface area (TPSA) is 125 Å². The van der Waals surface area contributed by atoms with Crippen molar-refractivity contribution < 1.29 is 9.59 Å². The summed E-state index contributed by atoms with van der Waals surface area (Å²) in [5.41, 5.74) is 2.91. The van der Waals surface area contributed by atoms with Gasteiger partial charge in [0.1, 0.15) is 17.8 Å². The van der Waals surface area contributed by atoms with Crippen LogP contribution < -0.4 is 10.6 Å². The number of rotatable bonds is 6. The lowest BCUT2D eigenvalue weighted by Gasteiger charge is -2.08. The third-order valence-electron chi connectivity index (χ3n) is 4.35. The molecule has 0 unspecified atom stereocenters. The minimum absolute atomic E-state index is 0.0356. The number of amides is 2. The summed E-state index contributed by atoms with van der Waals surface area (Å²) in [5, 5.41) is 21.7. The summed E-state index contributed by atoms with van der Waals surface area (Å²) in [6.45, 7) is 0.280. The van der Waals surface area contributed by atoms with Crippen LogP contribution in [-0.4, -0.2) is 46.4 Å². The minimum atomic E-state index is -0.352. The van der Waals surface area contributed by atoms with Crippen LogP contribution in [0, 0.1) is 0 Å². The molecule has 0 spiro atoms. The lowest BCUT2D eigenvalue weighted by atomic mass is 10.3. The van der Waals surface area contributed by atoms with E-state index >= 15 is 0 Å². The summed E-state index contributed by atoms with van der Waals surface area (Å²) in [7, 11) is 3.44. The predicted molar refractivity (Wildman–Crippen MR) is 104 cm³/mol. The molecule has 0 atom stereocenters. The molecule has 0 radical (unpaired) electrons. The number of nitrogens with one attached hydrogen (secondary N) is 2. The second-order valence-electron chi connectivity index (χ2n) is 6.52. The second-order valence-corrected chi connectivity index (χ2v) is 6.52. The molecule has 3 aromatic heterocycles. The molecule has 0 aliphatic carbocycles. The Morgan fingerprint density at radius 1 is 1.10 bits per heavy atom. The molecule has 4 aromatic rings. The van der Waals surface area contributed by atoms with Gasteiger partial charge in [-0.3, -0.25) is 19.0 Å². The van der Waals surface area contributed by atoms with Gasteiger partial charge in [0.2, 0.25) is 5.91 Å². The van der Waals surface area contributed by atoms with Crippen LogP contribution in [0.1, 0.15) is 16.1 Å². The fraction of sp³-hybridized carbons (Fsp3) is 0.222. The highest BCUT2D eigenvalue weighted by molar-refractivity contribution is 6.02. The molecule has 4 rings (SSSR count). The van der Waals surface area contributed by atoms with Crippen molar-refractivity contribution in [2.24, 2.45) is 14.1 Å². The normalized spacial score (nSPS) is 11.0. The zero-order valence-corrected chi connectivity index (χ0v) is 15.9. The smallest absolute Gasteiger partial charge is 0.271 e. The molecule has 3 heterocycles. The molecular weight excluding hydrogens is 374 g/mol. The van der Waals surface area contributed by atoms with Crippen LogP contribution in [0.4, 0.5) is 5.69 Å². The van der Waals surface area contributed by atoms with Gasteiger partial charge in [0.15, 0.2) is 0 Å². The third kappa shape index (κ3) is 3.83. The molecule has 2 N–H and O–H groups in total. The number of aryl methyl sites for hydroxylation is 2. The SMILES string of the molecule is Cn1cc(CNC(=O)c2c(NC(=O)Cn3nnc4ccccc43)cnn2C)cn1. The molecular formula is C18H19N9O2. The van der Waals surface area contributed by atoms with Gasteiger partial charge in [0.25, 0.3) is 5.91 Å². The Bertz CT molecular complexity index is 1190. The number of para-hydroxylation sites is 1. The van der Waals surface area contributed by atoms with E-state index in [1.807, 2.05) is 30.5 Å². The molecule has 0 saturated heterocycles. The van der Waals surface area contributed by atoms with Crippen LogP contribution in [-0.2, 0) is 32.0 Å². The maximum Gasteiger partial charge on any atom is 0.271 e. The Balaban J connectivity index is 1.45. The summed E-state index contributed by atoms with van der Waals surface area (Å²) in [6.07, 6.45) is 4.93. The molecule has 0 fully saturated rings. The summed E-state index contributed by atoms with van der Waals surface area (Å²) in [5.74, 6) is -0.690. The van der Waals surface area contributed by atoms with Gasteiger partial charge in [-0.2, -0.15) is 10.2 Å². The van der Waals surface area contributed by atoms with Crippen molar-refractivity contribution in [2.75, 3.05) is 5.32 Å². The average Bonchev–Trinajstić information content (AvgIpc) is 3.40. The van der Waals surface area contributed by atoms with Crippen molar-refractivity contribution >= 4 is 28.5 Å². The van der Waals surface area contributed by atoms with E-state index in [4.69, 9.17) is 0 Å². The van der Waals surface area contributed by atoms with Crippen molar-refractivity contribution in [3.8, 4) is 0 Å². The van der Waals surface area contributed by atoms with E-state index in [0.29, 0.717) is 17.7 Å². The van der Waals surface area contributed by atoms with Gasteiger partial charge in [-0.15, -0.1) is 5.10 Å². The summed E-state index contributed by atoms with van der Waals surface area (Å²) in [6, 6.07) is 7.37. The Kier molecular flexibility index (Phi) is 4.77. The van der Waals surface area contributed by atoms with Gasteiger partial charge in [-0.05, 0) is 12.1 Å². The van der Waals surface area contributed by atoms with Gasteiger partial charge >= 0.3 is 0 Å². The van der Waals surface area contributed by atoms with Gasteiger partial charge in [0, 0.05) is 32.4 Å². The zero-order chi connectivity index (χ0) is 20.4. The number of aromatic nitrogens is 7. The highest BCUT2D eigenvalue weighted by atomic mass is 16.2. The van der Waals surface area contributed by atoms with Gasteiger partial charge in [-0.25, -0.2) is 4.68 Å². The minimum Gasteiger partial charge on any atom is -0.346 e. The van der Waals surface area contributed by atoms with Crippen LogP contribution in [0.25, 0.3) is 11.0 Å². The maximum absolute atomic E-state index is 12.6. The van der Waals surface area contributed by atoms with Crippen molar-refractivity contribution in [2.45, 2.75) is 13.1 Å². The highest BCUT2D eigenvalue weighted by Crippen LogP contribution is 2.15. The first kappa shape index (κ1) is 18.3. The van der Waals surface area contributed by atoms with Gasteiger partial charge in [-0.1, -0.05) is 17.3 Å².